The van der Waals surface area contributed by atoms with E-state index >= 15 is 0 Å². The second kappa shape index (κ2) is 7.01. The molecule has 3 heterocycles. The van der Waals surface area contributed by atoms with Crippen molar-refractivity contribution in [3.8, 4) is 5.75 Å². The van der Waals surface area contributed by atoms with E-state index in [1.54, 1.807) is 0 Å². The number of hydrogen-bond acceptors (Lipinski definition) is 4. The van der Waals surface area contributed by atoms with Gasteiger partial charge < -0.3 is 9.64 Å². The van der Waals surface area contributed by atoms with Gasteiger partial charge in [0.25, 0.3) is 0 Å². The zero-order valence-electron chi connectivity index (χ0n) is 16.7. The van der Waals surface area contributed by atoms with Gasteiger partial charge in [0.05, 0.1) is 17.5 Å². The predicted octanol–water partition coefficient (Wildman–Crippen LogP) is 5.26. The molecule has 3 aliphatic rings. The van der Waals surface area contributed by atoms with E-state index in [1.165, 1.54) is 34.2 Å². The van der Waals surface area contributed by atoms with Crippen LogP contribution in [-0.4, -0.2) is 29.9 Å². The molecule has 0 bridgehead atoms. The van der Waals surface area contributed by atoms with Gasteiger partial charge in [0.2, 0.25) is 0 Å². The van der Waals surface area contributed by atoms with Crippen LogP contribution in [0.15, 0.2) is 59.4 Å². The van der Waals surface area contributed by atoms with Crippen molar-refractivity contribution in [3.63, 3.8) is 0 Å². The molecule has 5 rings (SSSR count). The number of anilines is 2. The molecular formula is C24H27N3O. The number of rotatable bonds is 3. The molecule has 0 saturated carbocycles. The molecule has 0 fully saturated rings. The fourth-order valence-electron chi connectivity index (χ4n) is 4.52. The van der Waals surface area contributed by atoms with Gasteiger partial charge in [0.15, 0.2) is 0 Å². The molecule has 144 valence electrons. The van der Waals surface area contributed by atoms with Gasteiger partial charge in [-0.05, 0) is 56.0 Å². The summed E-state index contributed by atoms with van der Waals surface area (Å²) >= 11 is 0. The van der Waals surface area contributed by atoms with Crippen molar-refractivity contribution >= 4 is 17.2 Å². The van der Waals surface area contributed by atoms with E-state index in [0.29, 0.717) is 0 Å². The summed E-state index contributed by atoms with van der Waals surface area (Å²) in [7, 11) is 0. The summed E-state index contributed by atoms with van der Waals surface area (Å²) in [4.78, 5) is 9.63. The van der Waals surface area contributed by atoms with Crippen LogP contribution in [-0.2, 0) is 6.42 Å². The second-order valence-corrected chi connectivity index (χ2v) is 7.98. The first-order valence-electron chi connectivity index (χ1n) is 10.4. The third-order valence-electron chi connectivity index (χ3n) is 5.63. The minimum absolute atomic E-state index is 0.137. The van der Waals surface area contributed by atoms with Crippen LogP contribution in [0.2, 0.25) is 0 Å². The first kappa shape index (κ1) is 17.4. The van der Waals surface area contributed by atoms with Crippen LogP contribution in [0.3, 0.4) is 0 Å². The highest BCUT2D eigenvalue weighted by Crippen LogP contribution is 2.47. The molecule has 0 spiro atoms. The van der Waals surface area contributed by atoms with Gasteiger partial charge in [-0.1, -0.05) is 30.3 Å². The Morgan fingerprint density at radius 2 is 1.89 bits per heavy atom. The second-order valence-electron chi connectivity index (χ2n) is 7.98. The van der Waals surface area contributed by atoms with Crippen LogP contribution in [0.5, 0.6) is 5.75 Å². The minimum Gasteiger partial charge on any atom is -0.489 e. The Morgan fingerprint density at radius 3 is 2.71 bits per heavy atom. The average Bonchev–Trinajstić information content (AvgIpc) is 3.37. The summed E-state index contributed by atoms with van der Waals surface area (Å²) in [5.74, 6) is 3.42. The lowest BCUT2D eigenvalue weighted by Gasteiger charge is -2.39. The van der Waals surface area contributed by atoms with Crippen molar-refractivity contribution in [1.82, 2.24) is 4.90 Å². The summed E-state index contributed by atoms with van der Waals surface area (Å²) in [6, 6.07) is 15.2. The molecule has 0 atom stereocenters. The summed E-state index contributed by atoms with van der Waals surface area (Å²) in [6.45, 7) is 6.15. The molecule has 0 aliphatic carbocycles. The molecule has 28 heavy (non-hydrogen) atoms. The molecule has 2 aromatic rings. The smallest absolute Gasteiger partial charge is 0.144 e. The lowest BCUT2D eigenvalue weighted by atomic mass is 9.95. The summed E-state index contributed by atoms with van der Waals surface area (Å²) < 4.78 is 6.26. The quantitative estimate of drug-likeness (QED) is 0.735. The molecule has 0 amide bonds. The normalized spacial score (nSPS) is 18.1. The van der Waals surface area contributed by atoms with E-state index in [9.17, 15) is 0 Å². The fourth-order valence-corrected chi connectivity index (χ4v) is 4.52. The van der Waals surface area contributed by atoms with Crippen LogP contribution in [0.4, 0.5) is 11.4 Å². The molecule has 3 aliphatic heterocycles. The van der Waals surface area contributed by atoms with Crippen LogP contribution in [0.1, 0.15) is 44.2 Å². The molecule has 0 aromatic heterocycles. The Hall–Kier alpha value is -2.75. The number of aliphatic imine (C=N–C) groups is 1. The number of ether oxygens (including phenoxy) is 1. The fraction of sp³-hybridized carbons (Fsp3) is 0.375. The number of amidine groups is 1. The highest BCUT2D eigenvalue weighted by atomic mass is 16.5. The van der Waals surface area contributed by atoms with Crippen LogP contribution in [0.25, 0.3) is 0 Å². The largest absolute Gasteiger partial charge is 0.489 e. The maximum Gasteiger partial charge on any atom is 0.144 e. The molecule has 0 N–H and O–H groups in total. The van der Waals surface area contributed by atoms with Crippen molar-refractivity contribution in [2.24, 2.45) is 4.99 Å². The summed E-state index contributed by atoms with van der Waals surface area (Å²) in [5, 5.41) is 0. The summed E-state index contributed by atoms with van der Waals surface area (Å²) in [5.41, 5.74) is 5.12. The maximum absolute atomic E-state index is 6.26. The molecule has 4 nitrogen and oxygen atoms in total. The molecular weight excluding hydrogens is 346 g/mol. The van der Waals surface area contributed by atoms with E-state index in [2.05, 4.69) is 72.2 Å². The average molecular weight is 374 g/mol. The molecule has 0 radical (unpaired) electrons. The summed E-state index contributed by atoms with van der Waals surface area (Å²) in [6.07, 6.45) is 6.72. The SMILES string of the molecule is CC(C)Oc1cccc2c1N(C1=CCCN1C1=NCCC1)c1ccccc1C2. The Morgan fingerprint density at radius 1 is 1.04 bits per heavy atom. The number of para-hydroxylation sites is 2. The van der Waals surface area contributed by atoms with Crippen molar-refractivity contribution in [1.29, 1.82) is 0 Å². The van der Waals surface area contributed by atoms with Gasteiger partial charge in [-0.15, -0.1) is 0 Å². The van der Waals surface area contributed by atoms with Crippen molar-refractivity contribution in [2.45, 2.75) is 45.6 Å². The van der Waals surface area contributed by atoms with Gasteiger partial charge in [-0.25, -0.2) is 0 Å². The van der Waals surface area contributed by atoms with Crippen LogP contribution in [0, 0.1) is 0 Å². The molecule has 0 unspecified atom stereocenters. The van der Waals surface area contributed by atoms with E-state index < -0.39 is 0 Å². The van der Waals surface area contributed by atoms with E-state index in [4.69, 9.17) is 9.73 Å². The number of fused-ring (bicyclic) bond motifs is 2. The van der Waals surface area contributed by atoms with Gasteiger partial charge in [0.1, 0.15) is 17.4 Å². The zero-order chi connectivity index (χ0) is 19.1. The van der Waals surface area contributed by atoms with E-state index in [-0.39, 0.29) is 6.10 Å². The standard InChI is InChI=1S/C24H27N3O/c1-17(2)28-21-11-5-9-19-16-18-8-3-4-10-20(18)27(24(19)21)23-13-7-15-26(23)22-12-6-14-25-22/h3-5,8-11,13,17H,6-7,12,14-16H2,1-2H3. The number of hydrogen-bond donors (Lipinski definition) is 0. The highest BCUT2D eigenvalue weighted by molar-refractivity contribution is 5.89. The zero-order valence-corrected chi connectivity index (χ0v) is 16.7. The predicted molar refractivity (Wildman–Crippen MR) is 115 cm³/mol. The maximum atomic E-state index is 6.26. The monoisotopic (exact) mass is 373 g/mol. The topological polar surface area (TPSA) is 28.1 Å². The Labute approximate surface area is 167 Å². The molecule has 2 aromatic carbocycles. The lowest BCUT2D eigenvalue weighted by Crippen LogP contribution is -2.36. The van der Waals surface area contributed by atoms with E-state index in [1.807, 2.05) is 0 Å². The number of benzene rings is 2. The minimum atomic E-state index is 0.137. The molecule has 4 heteroatoms. The Kier molecular flexibility index (Phi) is 4.34. The Bertz CT molecular complexity index is 960. The first-order valence-corrected chi connectivity index (χ1v) is 10.4. The van der Waals surface area contributed by atoms with Crippen LogP contribution < -0.4 is 9.64 Å². The van der Waals surface area contributed by atoms with Gasteiger partial charge in [0, 0.05) is 25.9 Å². The first-order chi connectivity index (χ1) is 13.7. The van der Waals surface area contributed by atoms with Gasteiger partial charge in [-0.2, -0.15) is 0 Å². The van der Waals surface area contributed by atoms with E-state index in [0.717, 1.165) is 44.5 Å². The lowest BCUT2D eigenvalue weighted by molar-refractivity contribution is 0.243. The number of nitrogens with zero attached hydrogens (tertiary/aromatic N) is 3. The van der Waals surface area contributed by atoms with Crippen molar-refractivity contribution < 1.29 is 4.74 Å². The van der Waals surface area contributed by atoms with Gasteiger partial charge >= 0.3 is 0 Å². The van der Waals surface area contributed by atoms with Crippen molar-refractivity contribution in [3.05, 3.63) is 65.5 Å². The molecule has 0 saturated heterocycles. The van der Waals surface area contributed by atoms with Crippen molar-refractivity contribution in [2.75, 3.05) is 18.0 Å². The third-order valence-corrected chi connectivity index (χ3v) is 5.63. The third kappa shape index (κ3) is 2.88. The Balaban J connectivity index is 1.67. The highest BCUT2D eigenvalue weighted by Gasteiger charge is 2.34. The van der Waals surface area contributed by atoms with Gasteiger partial charge in [-0.3, -0.25) is 9.89 Å². The van der Waals surface area contributed by atoms with Crippen LogP contribution >= 0.6 is 0 Å².